The molecule has 0 aliphatic rings. The maximum Gasteiger partial charge on any atom is 0.278 e. The Morgan fingerprint density at radius 1 is 0.882 bits per heavy atom. The van der Waals surface area contributed by atoms with Crippen molar-refractivity contribution in [1.29, 1.82) is 0 Å². The maximum atomic E-state index is 10.1. The van der Waals surface area contributed by atoms with E-state index in [0.29, 0.717) is 5.56 Å². The fourth-order valence-electron chi connectivity index (χ4n) is 1.03. The third-order valence-electron chi connectivity index (χ3n) is 1.81. The van der Waals surface area contributed by atoms with Crippen LogP contribution in [0.1, 0.15) is 20.7 Å². The molecular formula is C12H9FeO4-3. The Morgan fingerprint density at radius 3 is 1.41 bits per heavy atom. The molecule has 5 heteroatoms. The average molecular weight is 273 g/mol. The normalized spacial score (nSPS) is 8.47. The summed E-state index contributed by atoms with van der Waals surface area (Å²) in [4.78, 5) is 20.0. The van der Waals surface area contributed by atoms with Crippen LogP contribution in [0.5, 0.6) is 0 Å². The quantitative estimate of drug-likeness (QED) is 0.650. The van der Waals surface area contributed by atoms with E-state index >= 15 is 0 Å². The van der Waals surface area contributed by atoms with Gasteiger partial charge < -0.3 is 15.0 Å². The van der Waals surface area contributed by atoms with Gasteiger partial charge in [-0.1, -0.05) is 5.56 Å². The van der Waals surface area contributed by atoms with Crippen LogP contribution in [-0.4, -0.2) is 17.0 Å². The van der Waals surface area contributed by atoms with Crippen molar-refractivity contribution in [2.75, 3.05) is 0 Å². The summed E-state index contributed by atoms with van der Waals surface area (Å²) in [6, 6.07) is 12.8. The van der Waals surface area contributed by atoms with E-state index in [9.17, 15) is 14.7 Å². The molecule has 2 aromatic carbocycles. The Bertz CT molecular complexity index is 399. The molecule has 0 saturated heterocycles. The van der Waals surface area contributed by atoms with E-state index in [1.165, 1.54) is 12.1 Å². The topological polar surface area (TPSA) is 77.4 Å². The zero-order valence-corrected chi connectivity index (χ0v) is 9.75. The van der Waals surface area contributed by atoms with Crippen molar-refractivity contribution in [2.45, 2.75) is 0 Å². The number of rotatable bonds is 2. The van der Waals surface area contributed by atoms with E-state index in [2.05, 4.69) is 0 Å². The number of hydrogen-bond acceptors (Lipinski definition) is 3. The van der Waals surface area contributed by atoms with Gasteiger partial charge in [0, 0.05) is 23.0 Å². The van der Waals surface area contributed by atoms with Crippen molar-refractivity contribution in [1.82, 2.24) is 0 Å². The minimum atomic E-state index is -1.12. The molecule has 0 atom stereocenters. The predicted octanol–water partition coefficient (Wildman–Crippen LogP) is 0.870. The van der Waals surface area contributed by atoms with Gasteiger partial charge in [-0.15, -0.1) is 5.56 Å². The Morgan fingerprint density at radius 2 is 1.24 bits per heavy atom. The molecule has 0 heterocycles. The molecule has 0 aliphatic heterocycles. The van der Waals surface area contributed by atoms with Crippen molar-refractivity contribution in [3.8, 4) is 0 Å². The average Bonchev–Trinajstić information content (AvgIpc) is 2.93. The Labute approximate surface area is 109 Å². The number of carboxylic acids is 2. The molecule has 17 heavy (non-hydrogen) atoms. The van der Waals surface area contributed by atoms with Crippen LogP contribution >= 0.6 is 0 Å². The van der Waals surface area contributed by atoms with Crippen LogP contribution < -0.4 is 5.11 Å². The SMILES string of the molecule is O=C(O)[c-]1cccc1.O=C([O-])[c-]1cccc1.[Fe]. The smallest absolute Gasteiger partial charge is 0.278 e. The molecule has 0 amide bonds. The first-order valence-electron chi connectivity index (χ1n) is 4.49. The monoisotopic (exact) mass is 273 g/mol. The summed E-state index contributed by atoms with van der Waals surface area (Å²) in [5, 5.41) is 18.2. The second kappa shape index (κ2) is 7.44. The summed E-state index contributed by atoms with van der Waals surface area (Å²) >= 11 is 0. The molecule has 2 rings (SSSR count). The van der Waals surface area contributed by atoms with Crippen LogP contribution in [0, 0.1) is 0 Å². The fourth-order valence-corrected chi connectivity index (χ4v) is 1.03. The van der Waals surface area contributed by atoms with Crippen LogP contribution in [0.25, 0.3) is 0 Å². The molecule has 0 fully saturated rings. The Balaban J connectivity index is 0.000000284. The number of carboxylic acid groups (broad SMARTS) is 2. The summed E-state index contributed by atoms with van der Waals surface area (Å²) in [7, 11) is 0. The fraction of sp³-hybridized carbons (Fsp3) is 0. The van der Waals surface area contributed by atoms with E-state index in [1.54, 1.807) is 36.4 Å². The molecule has 0 saturated carbocycles. The minimum Gasteiger partial charge on any atom is -0.559 e. The van der Waals surface area contributed by atoms with Crippen molar-refractivity contribution in [3.05, 3.63) is 59.7 Å². The summed E-state index contributed by atoms with van der Waals surface area (Å²) in [5.74, 6) is -1.98. The predicted molar refractivity (Wildman–Crippen MR) is 55.4 cm³/mol. The molecule has 0 bridgehead atoms. The van der Waals surface area contributed by atoms with Gasteiger partial charge in [0.1, 0.15) is 0 Å². The summed E-state index contributed by atoms with van der Waals surface area (Å²) in [5.41, 5.74) is 0.593. The first kappa shape index (κ1) is 15.2. The van der Waals surface area contributed by atoms with Gasteiger partial charge >= 0.3 is 0 Å². The number of carbonyl (C=O) groups excluding carboxylic acids is 1. The zero-order chi connectivity index (χ0) is 12.0. The van der Waals surface area contributed by atoms with Crippen LogP contribution in [0.2, 0.25) is 0 Å². The van der Waals surface area contributed by atoms with Gasteiger partial charge in [-0.25, -0.2) is 24.3 Å². The molecule has 1 N–H and O–H groups in total. The van der Waals surface area contributed by atoms with Crippen molar-refractivity contribution in [2.24, 2.45) is 0 Å². The van der Waals surface area contributed by atoms with Crippen molar-refractivity contribution in [3.63, 3.8) is 0 Å². The van der Waals surface area contributed by atoms with Gasteiger partial charge in [-0.2, -0.15) is 24.3 Å². The van der Waals surface area contributed by atoms with E-state index in [1.807, 2.05) is 0 Å². The molecule has 0 unspecified atom stereocenters. The number of aromatic carboxylic acids is 2. The third-order valence-corrected chi connectivity index (χ3v) is 1.81. The van der Waals surface area contributed by atoms with Crippen molar-refractivity contribution < 1.29 is 36.9 Å². The standard InChI is InChI=1S/2C6H5O2.Fe/c2*7-6(8)5-3-1-2-4-5;/h2*1-4H,(H,7,8);/q2*-1;/p-1. The Hall–Kier alpha value is -1.84. The van der Waals surface area contributed by atoms with Crippen LogP contribution in [-0.2, 0) is 17.1 Å². The third kappa shape index (κ3) is 5.15. The molecular weight excluding hydrogens is 264 g/mol. The van der Waals surface area contributed by atoms with Crippen molar-refractivity contribution >= 4 is 11.9 Å². The summed E-state index contributed by atoms with van der Waals surface area (Å²) in [6.07, 6.45) is 0. The van der Waals surface area contributed by atoms with E-state index in [4.69, 9.17) is 5.11 Å². The van der Waals surface area contributed by atoms with E-state index in [-0.39, 0.29) is 22.6 Å². The Kier molecular flexibility index (Phi) is 6.63. The first-order chi connectivity index (χ1) is 7.61. The van der Waals surface area contributed by atoms with Gasteiger partial charge in [0.25, 0.3) is 5.97 Å². The molecule has 0 radical (unpaired) electrons. The minimum absolute atomic E-state index is 0. The zero-order valence-electron chi connectivity index (χ0n) is 8.64. The summed E-state index contributed by atoms with van der Waals surface area (Å²) in [6.45, 7) is 0. The maximum absolute atomic E-state index is 10.1. The van der Waals surface area contributed by atoms with Crippen LogP contribution in [0.15, 0.2) is 48.5 Å². The van der Waals surface area contributed by atoms with Gasteiger partial charge in [-0.3, -0.25) is 4.79 Å². The number of hydrogen-bond donors (Lipinski definition) is 1. The van der Waals surface area contributed by atoms with Gasteiger partial charge in [0.15, 0.2) is 0 Å². The molecule has 92 valence electrons. The first-order valence-corrected chi connectivity index (χ1v) is 4.49. The van der Waals surface area contributed by atoms with E-state index in [0.717, 1.165) is 0 Å². The van der Waals surface area contributed by atoms with Gasteiger partial charge in [0.2, 0.25) is 0 Å². The summed E-state index contributed by atoms with van der Waals surface area (Å²) < 4.78 is 0. The van der Waals surface area contributed by atoms with Gasteiger partial charge in [0.05, 0.1) is 0 Å². The molecule has 4 nitrogen and oxygen atoms in total. The second-order valence-electron chi connectivity index (χ2n) is 2.94. The second-order valence-corrected chi connectivity index (χ2v) is 2.94. The largest absolute Gasteiger partial charge is 0.559 e. The molecule has 0 aromatic heterocycles. The van der Waals surface area contributed by atoms with Crippen LogP contribution in [0.4, 0.5) is 0 Å². The van der Waals surface area contributed by atoms with Gasteiger partial charge in [-0.05, 0) is 0 Å². The molecule has 0 spiro atoms. The molecule has 2 aromatic rings. The number of carbonyl (C=O) groups is 2. The van der Waals surface area contributed by atoms with E-state index < -0.39 is 11.9 Å². The van der Waals surface area contributed by atoms with Crippen LogP contribution in [0.3, 0.4) is 0 Å². The molecule has 0 aliphatic carbocycles.